The molecule has 36 heavy (non-hydrogen) atoms. The third-order valence-electron chi connectivity index (χ3n) is 6.12. The Bertz CT molecular complexity index is 920. The molecule has 2 aliphatic heterocycles. The Morgan fingerprint density at radius 1 is 0.861 bits per heavy atom. The number of fused-ring (bicyclic) bond motifs is 1. The number of nitrogens with zero attached hydrogens (tertiary/aromatic N) is 1. The minimum absolute atomic E-state index is 0.163. The second-order valence-electron chi connectivity index (χ2n) is 9.20. The highest BCUT2D eigenvalue weighted by Crippen LogP contribution is 2.39. The van der Waals surface area contributed by atoms with Gasteiger partial charge in [0.1, 0.15) is 24.4 Å². The molecule has 0 saturated carbocycles. The van der Waals surface area contributed by atoms with Crippen LogP contribution in [0.5, 0.6) is 0 Å². The van der Waals surface area contributed by atoms with Gasteiger partial charge in [-0.25, -0.2) is 0 Å². The highest BCUT2D eigenvalue weighted by Gasteiger charge is 2.48. The second-order valence-corrected chi connectivity index (χ2v) is 9.20. The van der Waals surface area contributed by atoms with Crippen LogP contribution in [0.3, 0.4) is 0 Å². The average molecular weight is 506 g/mol. The minimum Gasteiger partial charge on any atom is -0.395 e. The molecule has 0 aliphatic carbocycles. The van der Waals surface area contributed by atoms with E-state index in [0.29, 0.717) is 19.7 Å². The topological polar surface area (TPSA) is 121 Å². The van der Waals surface area contributed by atoms with Crippen LogP contribution in [-0.2, 0) is 18.9 Å². The van der Waals surface area contributed by atoms with Gasteiger partial charge in [0.2, 0.25) is 0 Å². The van der Waals surface area contributed by atoms with Crippen molar-refractivity contribution in [2.75, 3.05) is 46.6 Å². The maximum Gasteiger partial charge on any atom is 0.184 e. The summed E-state index contributed by atoms with van der Waals surface area (Å²) in [4.78, 5) is 1.86. The number of rotatable bonds is 8. The van der Waals surface area contributed by atoms with Crippen LogP contribution in [0.15, 0.2) is 48.5 Å². The standard InChI is InChI=1S/C22H26O6.C5H13NO2/c1-13-5-3-7-15(9-13)21-25-12-18-20(28-21)19(17(24)11-23)27-22(26-18)16-8-4-6-14(2)10-16;1-6(2-4-7)3-5-8/h3-10,17-24H,11-12H2,1-2H3;7-8H,2-5H2,1H3. The van der Waals surface area contributed by atoms with E-state index in [4.69, 9.17) is 29.2 Å². The molecule has 2 aromatic rings. The molecule has 4 rings (SSSR count). The van der Waals surface area contributed by atoms with Crippen molar-refractivity contribution >= 4 is 0 Å². The molecule has 0 spiro atoms. The maximum absolute atomic E-state index is 10.4. The van der Waals surface area contributed by atoms with Gasteiger partial charge in [0, 0.05) is 24.2 Å². The third-order valence-corrected chi connectivity index (χ3v) is 6.12. The summed E-state index contributed by atoms with van der Waals surface area (Å²) in [6, 6.07) is 15.7. The lowest BCUT2D eigenvalue weighted by Crippen LogP contribution is -2.58. The number of hydrogen-bond donors (Lipinski definition) is 4. The average Bonchev–Trinajstić information content (AvgIpc) is 2.88. The summed E-state index contributed by atoms with van der Waals surface area (Å²) >= 11 is 0. The molecule has 2 fully saturated rings. The fourth-order valence-corrected chi connectivity index (χ4v) is 4.20. The van der Waals surface area contributed by atoms with Crippen molar-refractivity contribution in [3.05, 3.63) is 70.8 Å². The highest BCUT2D eigenvalue weighted by atomic mass is 16.8. The zero-order valence-electron chi connectivity index (χ0n) is 21.2. The molecule has 0 amide bonds. The van der Waals surface area contributed by atoms with Gasteiger partial charge in [-0.15, -0.1) is 0 Å². The first-order valence-electron chi connectivity index (χ1n) is 12.3. The Kier molecular flexibility index (Phi) is 11.2. The van der Waals surface area contributed by atoms with E-state index in [1.165, 1.54) is 0 Å². The quantitative estimate of drug-likeness (QED) is 0.422. The first kappa shape index (κ1) is 28.6. The summed E-state index contributed by atoms with van der Waals surface area (Å²) in [5.41, 5.74) is 3.95. The van der Waals surface area contributed by atoms with Crippen LogP contribution in [0.4, 0.5) is 0 Å². The van der Waals surface area contributed by atoms with Crippen molar-refractivity contribution in [1.82, 2.24) is 4.90 Å². The molecule has 9 heteroatoms. The van der Waals surface area contributed by atoms with Gasteiger partial charge in [0.25, 0.3) is 0 Å². The van der Waals surface area contributed by atoms with Gasteiger partial charge in [-0.1, -0.05) is 59.7 Å². The van der Waals surface area contributed by atoms with E-state index >= 15 is 0 Å². The first-order chi connectivity index (χ1) is 17.4. The highest BCUT2D eigenvalue weighted by molar-refractivity contribution is 5.25. The van der Waals surface area contributed by atoms with Crippen LogP contribution in [0.2, 0.25) is 0 Å². The first-order valence-corrected chi connectivity index (χ1v) is 12.3. The van der Waals surface area contributed by atoms with E-state index in [2.05, 4.69) is 0 Å². The predicted octanol–water partition coefficient (Wildman–Crippen LogP) is 1.46. The van der Waals surface area contributed by atoms with Gasteiger partial charge in [-0.3, -0.25) is 0 Å². The van der Waals surface area contributed by atoms with Gasteiger partial charge >= 0.3 is 0 Å². The number of likely N-dealkylation sites (N-methyl/N-ethyl adjacent to an activating group) is 1. The van der Waals surface area contributed by atoms with Crippen molar-refractivity contribution in [2.24, 2.45) is 0 Å². The Hall–Kier alpha value is -1.92. The normalized spacial score (nSPS) is 26.6. The molecular weight excluding hydrogens is 466 g/mol. The molecule has 6 unspecified atom stereocenters. The van der Waals surface area contributed by atoms with Crippen LogP contribution >= 0.6 is 0 Å². The summed E-state index contributed by atoms with van der Waals surface area (Å²) in [7, 11) is 1.85. The van der Waals surface area contributed by atoms with Gasteiger partial charge in [-0.05, 0) is 20.9 Å². The van der Waals surface area contributed by atoms with E-state index in [1.807, 2.05) is 74.3 Å². The summed E-state index contributed by atoms with van der Waals surface area (Å²) in [5.74, 6) is 0. The maximum atomic E-state index is 10.4. The number of aliphatic hydroxyl groups excluding tert-OH is 4. The smallest absolute Gasteiger partial charge is 0.184 e. The zero-order chi connectivity index (χ0) is 26.1. The van der Waals surface area contributed by atoms with Gasteiger partial charge < -0.3 is 44.3 Å². The molecule has 200 valence electrons. The lowest BCUT2D eigenvalue weighted by molar-refractivity contribution is -0.373. The number of ether oxygens (including phenoxy) is 4. The number of aryl methyl sites for hydroxylation is 2. The van der Waals surface area contributed by atoms with Crippen molar-refractivity contribution in [2.45, 2.75) is 50.8 Å². The van der Waals surface area contributed by atoms with Gasteiger partial charge in [-0.2, -0.15) is 0 Å². The fraction of sp³-hybridized carbons (Fsp3) is 0.556. The van der Waals surface area contributed by atoms with E-state index in [1.54, 1.807) is 0 Å². The monoisotopic (exact) mass is 505 g/mol. The van der Waals surface area contributed by atoms with Crippen molar-refractivity contribution < 1.29 is 39.4 Å². The molecule has 4 N–H and O–H groups in total. The number of aliphatic hydroxyl groups is 4. The Balaban J connectivity index is 0.000000392. The molecule has 9 nitrogen and oxygen atoms in total. The summed E-state index contributed by atoms with van der Waals surface area (Å²) in [6.45, 7) is 5.49. The van der Waals surface area contributed by atoms with E-state index < -0.39 is 43.6 Å². The lowest BCUT2D eigenvalue weighted by Gasteiger charge is -2.47. The Morgan fingerprint density at radius 2 is 1.44 bits per heavy atom. The predicted molar refractivity (Wildman–Crippen MR) is 133 cm³/mol. The minimum atomic E-state index is -1.08. The number of benzene rings is 2. The van der Waals surface area contributed by atoms with Crippen LogP contribution in [-0.4, -0.2) is 96.3 Å². The van der Waals surface area contributed by atoms with Gasteiger partial charge in [0.05, 0.1) is 26.4 Å². The number of hydrogen-bond acceptors (Lipinski definition) is 9. The van der Waals surface area contributed by atoms with E-state index in [9.17, 15) is 10.2 Å². The fourth-order valence-electron chi connectivity index (χ4n) is 4.20. The van der Waals surface area contributed by atoms with Crippen LogP contribution in [0, 0.1) is 13.8 Å². The molecule has 6 atom stereocenters. The van der Waals surface area contributed by atoms with Crippen LogP contribution in [0.1, 0.15) is 34.8 Å². The molecule has 0 bridgehead atoms. The van der Waals surface area contributed by atoms with Crippen molar-refractivity contribution in [3.63, 3.8) is 0 Å². The molecule has 2 heterocycles. The third kappa shape index (κ3) is 7.79. The molecule has 2 aromatic carbocycles. The van der Waals surface area contributed by atoms with Crippen molar-refractivity contribution in [1.29, 1.82) is 0 Å². The Morgan fingerprint density at radius 3 is 1.97 bits per heavy atom. The van der Waals surface area contributed by atoms with E-state index in [-0.39, 0.29) is 13.2 Å². The summed E-state index contributed by atoms with van der Waals surface area (Å²) in [5, 5.41) is 36.6. The SMILES string of the molecule is CN(CCO)CCO.Cc1cccc(C2OC3COC(c4cccc(C)c4)OC3C(C(O)CO)O2)c1. The summed E-state index contributed by atoms with van der Waals surface area (Å²) in [6.07, 6.45) is -4.01. The van der Waals surface area contributed by atoms with Crippen molar-refractivity contribution in [3.8, 4) is 0 Å². The second kappa shape index (κ2) is 14.1. The molecule has 2 saturated heterocycles. The zero-order valence-corrected chi connectivity index (χ0v) is 21.2. The van der Waals surface area contributed by atoms with Crippen LogP contribution < -0.4 is 0 Å². The molecule has 2 aliphatic rings. The van der Waals surface area contributed by atoms with Crippen LogP contribution in [0.25, 0.3) is 0 Å². The molecular formula is C27H39NO8. The molecule has 0 aromatic heterocycles. The Labute approximate surface area is 212 Å². The summed E-state index contributed by atoms with van der Waals surface area (Å²) < 4.78 is 24.2. The lowest BCUT2D eigenvalue weighted by atomic mass is 9.99. The van der Waals surface area contributed by atoms with E-state index in [0.717, 1.165) is 22.3 Å². The largest absolute Gasteiger partial charge is 0.395 e. The molecule has 0 radical (unpaired) electrons. The van der Waals surface area contributed by atoms with Gasteiger partial charge in [0.15, 0.2) is 12.6 Å².